The molecule has 1 aromatic carbocycles. The Kier molecular flexibility index (Phi) is 6.86. The predicted octanol–water partition coefficient (Wildman–Crippen LogP) is 2.88. The molecule has 1 aliphatic heterocycles. The molecule has 2 aliphatic rings. The predicted molar refractivity (Wildman–Crippen MR) is 103 cm³/mol. The van der Waals surface area contributed by atoms with Crippen molar-refractivity contribution >= 4 is 17.8 Å². The summed E-state index contributed by atoms with van der Waals surface area (Å²) >= 11 is 0. The zero-order chi connectivity index (χ0) is 17.3. The molecular weight excluding hydrogens is 312 g/mol. The van der Waals surface area contributed by atoms with Gasteiger partial charge in [-0.1, -0.05) is 37.5 Å². The van der Waals surface area contributed by atoms with Gasteiger partial charge in [-0.2, -0.15) is 5.10 Å². The number of piperazine rings is 1. The van der Waals surface area contributed by atoms with E-state index in [1.54, 1.807) is 0 Å². The first-order chi connectivity index (χ1) is 12.3. The number of benzene rings is 1. The maximum absolute atomic E-state index is 12.0. The van der Waals surface area contributed by atoms with Gasteiger partial charge in [0.2, 0.25) is 5.91 Å². The molecule has 0 spiro atoms. The van der Waals surface area contributed by atoms with Crippen LogP contribution in [0.25, 0.3) is 0 Å². The molecule has 1 N–H and O–H groups in total. The fraction of sp³-hybridized carbons (Fsp3) is 0.600. The van der Waals surface area contributed by atoms with Crippen LogP contribution in [0.4, 0.5) is 5.69 Å². The average Bonchev–Trinajstić information content (AvgIpc) is 2.68. The lowest BCUT2D eigenvalue weighted by molar-refractivity contribution is -0.121. The molecule has 0 atom stereocenters. The second kappa shape index (κ2) is 9.56. The number of hydrogen-bond acceptors (Lipinski definition) is 4. The van der Waals surface area contributed by atoms with E-state index in [1.165, 1.54) is 37.8 Å². The number of hydrazone groups is 1. The molecule has 0 aromatic heterocycles. The molecular formula is C20H30N4O. The van der Waals surface area contributed by atoms with E-state index in [-0.39, 0.29) is 5.91 Å². The molecule has 1 saturated heterocycles. The number of hydrogen-bond donors (Lipinski definition) is 1. The average molecular weight is 342 g/mol. The first-order valence-electron chi connectivity index (χ1n) is 9.65. The molecule has 1 saturated carbocycles. The van der Waals surface area contributed by atoms with Crippen LogP contribution in [-0.4, -0.2) is 49.7 Å². The summed E-state index contributed by atoms with van der Waals surface area (Å²) < 4.78 is 0. The van der Waals surface area contributed by atoms with Gasteiger partial charge in [-0.05, 0) is 30.9 Å². The van der Waals surface area contributed by atoms with Crippen LogP contribution in [0.1, 0.15) is 38.5 Å². The van der Waals surface area contributed by atoms with Crippen molar-refractivity contribution in [1.29, 1.82) is 0 Å². The number of carbonyl (C=O) groups excluding carboxylic acids is 1. The van der Waals surface area contributed by atoms with Crippen molar-refractivity contribution in [3.8, 4) is 0 Å². The SMILES string of the molecule is O=C(CCN1CCN(c2ccccc2)CC1)N/N=C/C1CCCCC1. The van der Waals surface area contributed by atoms with Gasteiger partial charge in [-0.3, -0.25) is 9.69 Å². The lowest BCUT2D eigenvalue weighted by atomic mass is 9.90. The van der Waals surface area contributed by atoms with E-state index in [4.69, 9.17) is 0 Å². The minimum atomic E-state index is 0.0255. The van der Waals surface area contributed by atoms with Crippen molar-refractivity contribution in [2.75, 3.05) is 37.6 Å². The highest BCUT2D eigenvalue weighted by Gasteiger charge is 2.17. The summed E-state index contributed by atoms with van der Waals surface area (Å²) in [6.45, 7) is 4.87. The van der Waals surface area contributed by atoms with E-state index >= 15 is 0 Å². The molecule has 0 unspecified atom stereocenters. The van der Waals surface area contributed by atoms with Gasteiger partial charge in [-0.25, -0.2) is 5.43 Å². The quantitative estimate of drug-likeness (QED) is 0.639. The molecule has 2 fully saturated rings. The van der Waals surface area contributed by atoms with Crippen molar-refractivity contribution < 1.29 is 4.79 Å². The van der Waals surface area contributed by atoms with Gasteiger partial charge in [0.05, 0.1) is 0 Å². The fourth-order valence-corrected chi connectivity index (χ4v) is 3.68. The van der Waals surface area contributed by atoms with Gasteiger partial charge in [0.15, 0.2) is 0 Å². The molecule has 1 heterocycles. The Labute approximate surface area is 151 Å². The van der Waals surface area contributed by atoms with Crippen molar-refractivity contribution in [2.24, 2.45) is 11.0 Å². The highest BCUT2D eigenvalue weighted by atomic mass is 16.2. The van der Waals surface area contributed by atoms with Gasteiger partial charge >= 0.3 is 0 Å². The number of nitrogens with zero attached hydrogens (tertiary/aromatic N) is 3. The fourth-order valence-electron chi connectivity index (χ4n) is 3.68. The Balaban J connectivity index is 1.31. The van der Waals surface area contributed by atoms with E-state index in [9.17, 15) is 4.79 Å². The molecule has 5 heteroatoms. The van der Waals surface area contributed by atoms with Crippen LogP contribution in [0.5, 0.6) is 0 Å². The lowest BCUT2D eigenvalue weighted by Crippen LogP contribution is -2.47. The summed E-state index contributed by atoms with van der Waals surface area (Å²) in [6.07, 6.45) is 8.81. The largest absolute Gasteiger partial charge is 0.369 e. The summed E-state index contributed by atoms with van der Waals surface area (Å²) in [4.78, 5) is 16.7. The second-order valence-corrected chi connectivity index (χ2v) is 7.13. The van der Waals surface area contributed by atoms with Crippen molar-refractivity contribution in [3.05, 3.63) is 30.3 Å². The smallest absolute Gasteiger partial charge is 0.241 e. The number of anilines is 1. The molecule has 0 bridgehead atoms. The minimum absolute atomic E-state index is 0.0255. The first kappa shape index (κ1) is 17.9. The maximum atomic E-state index is 12.0. The topological polar surface area (TPSA) is 47.9 Å². The van der Waals surface area contributed by atoms with E-state index in [1.807, 2.05) is 6.21 Å². The van der Waals surface area contributed by atoms with E-state index in [0.717, 1.165) is 32.7 Å². The van der Waals surface area contributed by atoms with Crippen molar-refractivity contribution in [1.82, 2.24) is 10.3 Å². The Bertz CT molecular complexity index is 546. The summed E-state index contributed by atoms with van der Waals surface area (Å²) in [5.74, 6) is 0.581. The Morgan fingerprint density at radius 1 is 1.08 bits per heavy atom. The van der Waals surface area contributed by atoms with Crippen molar-refractivity contribution in [2.45, 2.75) is 38.5 Å². The lowest BCUT2D eigenvalue weighted by Gasteiger charge is -2.36. The Morgan fingerprint density at radius 3 is 2.52 bits per heavy atom. The van der Waals surface area contributed by atoms with Gasteiger partial charge < -0.3 is 4.90 Å². The van der Waals surface area contributed by atoms with Gasteiger partial charge in [0.1, 0.15) is 0 Å². The summed E-state index contributed by atoms with van der Waals surface area (Å²) in [6, 6.07) is 10.5. The second-order valence-electron chi connectivity index (χ2n) is 7.13. The third-order valence-electron chi connectivity index (χ3n) is 5.27. The maximum Gasteiger partial charge on any atom is 0.241 e. The third-order valence-corrected chi connectivity index (χ3v) is 5.27. The van der Waals surface area contributed by atoms with Crippen LogP contribution in [0.2, 0.25) is 0 Å². The van der Waals surface area contributed by atoms with E-state index in [0.29, 0.717) is 12.3 Å². The monoisotopic (exact) mass is 342 g/mol. The summed E-state index contributed by atoms with van der Waals surface area (Å²) in [5, 5.41) is 4.16. The van der Waals surface area contributed by atoms with E-state index < -0.39 is 0 Å². The van der Waals surface area contributed by atoms with Crippen molar-refractivity contribution in [3.63, 3.8) is 0 Å². The van der Waals surface area contributed by atoms with Gasteiger partial charge in [-0.15, -0.1) is 0 Å². The normalized spacial score (nSPS) is 20.1. The first-order valence-corrected chi connectivity index (χ1v) is 9.65. The molecule has 136 valence electrons. The zero-order valence-corrected chi connectivity index (χ0v) is 15.1. The highest BCUT2D eigenvalue weighted by molar-refractivity contribution is 5.77. The summed E-state index contributed by atoms with van der Waals surface area (Å²) in [7, 11) is 0. The third kappa shape index (κ3) is 5.85. The number of amides is 1. The summed E-state index contributed by atoms with van der Waals surface area (Å²) in [5.41, 5.74) is 3.99. The Morgan fingerprint density at radius 2 is 1.80 bits per heavy atom. The van der Waals surface area contributed by atoms with Crippen LogP contribution >= 0.6 is 0 Å². The zero-order valence-electron chi connectivity index (χ0n) is 15.1. The van der Waals surface area contributed by atoms with E-state index in [2.05, 4.69) is 50.7 Å². The molecule has 5 nitrogen and oxygen atoms in total. The molecule has 1 amide bonds. The Hall–Kier alpha value is -1.88. The standard InChI is InChI=1S/C20H30N4O/c25-20(22-21-17-18-7-3-1-4-8-18)11-12-23-13-15-24(16-14-23)19-9-5-2-6-10-19/h2,5-6,9-10,17-18H,1,3-4,7-8,11-16H2,(H,22,25)/b21-17+. The number of para-hydroxylation sites is 1. The van der Waals surface area contributed by atoms with Gasteiger partial charge in [0, 0.05) is 51.0 Å². The van der Waals surface area contributed by atoms with Gasteiger partial charge in [0.25, 0.3) is 0 Å². The van der Waals surface area contributed by atoms with Crippen LogP contribution < -0.4 is 10.3 Å². The number of rotatable bonds is 6. The molecule has 1 aliphatic carbocycles. The van der Waals surface area contributed by atoms with Crippen LogP contribution in [0.15, 0.2) is 35.4 Å². The molecule has 1 aromatic rings. The molecule has 0 radical (unpaired) electrons. The van der Waals surface area contributed by atoms with Crippen LogP contribution in [0, 0.1) is 5.92 Å². The number of carbonyl (C=O) groups is 1. The molecule has 3 rings (SSSR count). The minimum Gasteiger partial charge on any atom is -0.369 e. The molecule has 25 heavy (non-hydrogen) atoms. The highest BCUT2D eigenvalue weighted by Crippen LogP contribution is 2.21. The van der Waals surface area contributed by atoms with Crippen LogP contribution in [0.3, 0.4) is 0 Å². The van der Waals surface area contributed by atoms with Crippen LogP contribution in [-0.2, 0) is 4.79 Å². The number of nitrogens with one attached hydrogen (secondary N) is 1.